The Morgan fingerprint density at radius 1 is 1.22 bits per heavy atom. The van der Waals surface area contributed by atoms with Crippen molar-refractivity contribution in [1.29, 1.82) is 0 Å². The first-order chi connectivity index (χ1) is 11.0. The molecule has 1 aliphatic heterocycles. The summed E-state index contributed by atoms with van der Waals surface area (Å²) >= 11 is 1.65. The van der Waals surface area contributed by atoms with Crippen LogP contribution < -0.4 is 5.32 Å². The van der Waals surface area contributed by atoms with Gasteiger partial charge in [0.05, 0.1) is 21.8 Å². The summed E-state index contributed by atoms with van der Waals surface area (Å²) in [5.74, 6) is 0.136. The van der Waals surface area contributed by atoms with Gasteiger partial charge < -0.3 is 15.1 Å². The maximum Gasteiger partial charge on any atom is 0.241 e. The highest BCUT2D eigenvalue weighted by molar-refractivity contribution is 7.18. The lowest BCUT2D eigenvalue weighted by Gasteiger charge is -2.34. The molecule has 0 saturated carbocycles. The molecule has 23 heavy (non-hydrogen) atoms. The minimum absolute atomic E-state index is 0.0637. The Bertz CT molecular complexity index is 735. The van der Waals surface area contributed by atoms with Crippen LogP contribution in [0.1, 0.15) is 11.9 Å². The van der Waals surface area contributed by atoms with Crippen LogP contribution in [0.5, 0.6) is 0 Å². The monoisotopic (exact) mass is 332 g/mol. The molecule has 2 heterocycles. The van der Waals surface area contributed by atoms with Crippen LogP contribution >= 0.6 is 11.3 Å². The molecule has 7 heteroatoms. The summed E-state index contributed by atoms with van der Waals surface area (Å²) in [5.41, 5.74) is 1.92. The SMILES string of the molecule is CC(=O)N1CCN(C(=O)CNc2ccc3nc(C)sc3c2)CC1. The predicted molar refractivity (Wildman–Crippen MR) is 91.7 cm³/mol. The van der Waals surface area contributed by atoms with Crippen LogP contribution in [0.25, 0.3) is 10.2 Å². The fourth-order valence-corrected chi connectivity index (χ4v) is 3.58. The molecular formula is C16H20N4O2S. The van der Waals surface area contributed by atoms with Crippen LogP contribution in [-0.2, 0) is 9.59 Å². The van der Waals surface area contributed by atoms with Gasteiger partial charge in [0.15, 0.2) is 0 Å². The molecular weight excluding hydrogens is 312 g/mol. The number of hydrogen-bond donors (Lipinski definition) is 1. The molecule has 122 valence electrons. The quantitative estimate of drug-likeness (QED) is 0.929. The minimum Gasteiger partial charge on any atom is -0.376 e. The summed E-state index contributed by atoms with van der Waals surface area (Å²) in [5, 5.41) is 4.22. The topological polar surface area (TPSA) is 65.5 Å². The van der Waals surface area contributed by atoms with Gasteiger partial charge in [0, 0.05) is 38.8 Å². The normalized spacial score (nSPS) is 15.0. The lowest BCUT2D eigenvalue weighted by atomic mass is 10.3. The van der Waals surface area contributed by atoms with Crippen LogP contribution in [0.2, 0.25) is 0 Å². The maximum atomic E-state index is 12.3. The van der Waals surface area contributed by atoms with Crippen molar-refractivity contribution in [2.45, 2.75) is 13.8 Å². The van der Waals surface area contributed by atoms with Gasteiger partial charge in [-0.1, -0.05) is 0 Å². The largest absolute Gasteiger partial charge is 0.376 e. The number of carbonyl (C=O) groups is 2. The molecule has 1 aromatic heterocycles. The number of anilines is 1. The van der Waals surface area contributed by atoms with Gasteiger partial charge in [-0.2, -0.15) is 0 Å². The van der Waals surface area contributed by atoms with Gasteiger partial charge >= 0.3 is 0 Å². The number of aromatic nitrogens is 1. The van der Waals surface area contributed by atoms with Gasteiger partial charge in [-0.25, -0.2) is 4.98 Å². The van der Waals surface area contributed by atoms with Crippen LogP contribution in [0, 0.1) is 6.92 Å². The van der Waals surface area contributed by atoms with E-state index in [1.807, 2.05) is 30.0 Å². The van der Waals surface area contributed by atoms with Gasteiger partial charge in [0.25, 0.3) is 0 Å². The summed E-state index contributed by atoms with van der Waals surface area (Å²) in [6.45, 7) is 6.27. The van der Waals surface area contributed by atoms with E-state index in [4.69, 9.17) is 0 Å². The van der Waals surface area contributed by atoms with E-state index in [9.17, 15) is 9.59 Å². The van der Waals surface area contributed by atoms with E-state index in [0.717, 1.165) is 20.9 Å². The highest BCUT2D eigenvalue weighted by Crippen LogP contribution is 2.24. The number of carbonyl (C=O) groups excluding carboxylic acids is 2. The highest BCUT2D eigenvalue weighted by atomic mass is 32.1. The second-order valence-electron chi connectivity index (χ2n) is 5.66. The van der Waals surface area contributed by atoms with Crippen LogP contribution in [0.3, 0.4) is 0 Å². The first-order valence-electron chi connectivity index (χ1n) is 7.67. The fraction of sp³-hybridized carbons (Fsp3) is 0.438. The molecule has 0 unspecified atom stereocenters. The molecule has 3 rings (SSSR count). The molecule has 2 amide bonds. The number of piperazine rings is 1. The van der Waals surface area contributed by atoms with Gasteiger partial charge in [-0.3, -0.25) is 9.59 Å². The number of nitrogens with zero attached hydrogens (tertiary/aromatic N) is 3. The van der Waals surface area contributed by atoms with E-state index in [1.54, 1.807) is 23.2 Å². The highest BCUT2D eigenvalue weighted by Gasteiger charge is 2.21. The number of thiazole rings is 1. The molecule has 0 aliphatic carbocycles. The van der Waals surface area contributed by atoms with Crippen molar-refractivity contribution in [3.63, 3.8) is 0 Å². The molecule has 2 aromatic rings. The third kappa shape index (κ3) is 3.61. The number of hydrogen-bond acceptors (Lipinski definition) is 5. The van der Waals surface area contributed by atoms with Crippen LogP contribution in [0.15, 0.2) is 18.2 Å². The van der Waals surface area contributed by atoms with Crippen molar-refractivity contribution in [1.82, 2.24) is 14.8 Å². The first kappa shape index (κ1) is 15.7. The number of amides is 2. The van der Waals surface area contributed by atoms with Crippen molar-refractivity contribution in [2.75, 3.05) is 38.0 Å². The Labute approximate surface area is 139 Å². The van der Waals surface area contributed by atoms with E-state index >= 15 is 0 Å². The molecule has 6 nitrogen and oxygen atoms in total. The molecule has 1 N–H and O–H groups in total. The van der Waals surface area contributed by atoms with Crippen molar-refractivity contribution in [2.24, 2.45) is 0 Å². The molecule has 0 radical (unpaired) electrons. The summed E-state index contributed by atoms with van der Waals surface area (Å²) < 4.78 is 1.12. The Hall–Kier alpha value is -2.15. The second-order valence-corrected chi connectivity index (χ2v) is 6.89. The lowest BCUT2D eigenvalue weighted by molar-refractivity contribution is -0.137. The van der Waals surface area contributed by atoms with E-state index in [2.05, 4.69) is 10.3 Å². The molecule has 1 fully saturated rings. The number of rotatable bonds is 3. The zero-order valence-corrected chi connectivity index (χ0v) is 14.2. The molecule has 1 aliphatic rings. The van der Waals surface area contributed by atoms with E-state index in [-0.39, 0.29) is 18.4 Å². The van der Waals surface area contributed by atoms with Crippen molar-refractivity contribution in [3.05, 3.63) is 23.2 Å². The Morgan fingerprint density at radius 2 is 1.91 bits per heavy atom. The number of fused-ring (bicyclic) bond motifs is 1. The minimum atomic E-state index is 0.0637. The average molecular weight is 332 g/mol. The summed E-state index contributed by atoms with van der Waals surface area (Å²) in [4.78, 5) is 31.6. The lowest BCUT2D eigenvalue weighted by Crippen LogP contribution is -2.51. The van der Waals surface area contributed by atoms with E-state index < -0.39 is 0 Å². The van der Waals surface area contributed by atoms with Gasteiger partial charge in [-0.15, -0.1) is 11.3 Å². The zero-order chi connectivity index (χ0) is 16.4. The Balaban J connectivity index is 1.55. The predicted octanol–water partition coefficient (Wildman–Crippen LogP) is 1.71. The van der Waals surface area contributed by atoms with Crippen molar-refractivity contribution >= 4 is 39.1 Å². The molecule has 0 atom stereocenters. The van der Waals surface area contributed by atoms with Gasteiger partial charge in [0.1, 0.15) is 0 Å². The van der Waals surface area contributed by atoms with E-state index in [0.29, 0.717) is 26.2 Å². The zero-order valence-electron chi connectivity index (χ0n) is 13.3. The van der Waals surface area contributed by atoms with Gasteiger partial charge in [0.2, 0.25) is 11.8 Å². The summed E-state index contributed by atoms with van der Waals surface area (Å²) in [6.07, 6.45) is 0. The smallest absolute Gasteiger partial charge is 0.241 e. The third-order valence-corrected chi connectivity index (χ3v) is 4.95. The molecule has 1 saturated heterocycles. The van der Waals surface area contributed by atoms with Gasteiger partial charge in [-0.05, 0) is 25.1 Å². The average Bonchev–Trinajstić information content (AvgIpc) is 2.92. The molecule has 0 bridgehead atoms. The molecule has 1 aromatic carbocycles. The number of aryl methyl sites for hydroxylation is 1. The Morgan fingerprint density at radius 3 is 2.61 bits per heavy atom. The third-order valence-electron chi connectivity index (χ3n) is 4.02. The van der Waals surface area contributed by atoms with Crippen LogP contribution in [-0.4, -0.2) is 59.3 Å². The first-order valence-corrected chi connectivity index (χ1v) is 8.49. The maximum absolute atomic E-state index is 12.3. The number of nitrogens with one attached hydrogen (secondary N) is 1. The van der Waals surface area contributed by atoms with Crippen molar-refractivity contribution in [3.8, 4) is 0 Å². The molecule has 0 spiro atoms. The Kier molecular flexibility index (Phi) is 4.47. The number of benzene rings is 1. The standard InChI is InChI=1S/C16H20N4O2S/c1-11-18-14-4-3-13(9-15(14)23-11)17-10-16(22)20-7-5-19(6-8-20)12(2)21/h3-4,9,17H,5-8,10H2,1-2H3. The summed E-state index contributed by atoms with van der Waals surface area (Å²) in [7, 11) is 0. The van der Waals surface area contributed by atoms with Crippen molar-refractivity contribution < 1.29 is 9.59 Å². The second kappa shape index (κ2) is 6.54. The summed E-state index contributed by atoms with van der Waals surface area (Å²) in [6, 6.07) is 5.95. The fourth-order valence-electron chi connectivity index (χ4n) is 2.71. The van der Waals surface area contributed by atoms with E-state index in [1.165, 1.54) is 0 Å². The van der Waals surface area contributed by atoms with Crippen LogP contribution in [0.4, 0.5) is 5.69 Å².